The minimum absolute atomic E-state index is 0.117. The largest absolute Gasteiger partial charge is 0.392 e. The second-order valence-electron chi connectivity index (χ2n) is 4.02. The normalized spacial score (nSPS) is 28.5. The molecule has 3 nitrogen and oxygen atoms in total. The van der Waals surface area contributed by atoms with Crippen molar-refractivity contribution in [3.63, 3.8) is 0 Å². The van der Waals surface area contributed by atoms with E-state index in [2.05, 4.69) is 11.8 Å². The number of β-amino-alcohol motifs (C(OH)–C–C–N with tert-alkyl or cyclic N) is 1. The van der Waals surface area contributed by atoms with Crippen molar-refractivity contribution in [2.75, 3.05) is 26.3 Å². The lowest BCUT2D eigenvalue weighted by molar-refractivity contribution is 0.101. The Labute approximate surface area is 87.1 Å². The molecule has 0 aromatic carbocycles. The van der Waals surface area contributed by atoms with Gasteiger partial charge in [-0.15, -0.1) is 0 Å². The van der Waals surface area contributed by atoms with Crippen molar-refractivity contribution in [3.05, 3.63) is 0 Å². The van der Waals surface area contributed by atoms with E-state index in [-0.39, 0.29) is 6.10 Å². The Hall–Kier alpha value is -0.120. The number of rotatable bonds is 6. The molecule has 1 aliphatic heterocycles. The van der Waals surface area contributed by atoms with Crippen LogP contribution in [0.15, 0.2) is 0 Å². The highest BCUT2D eigenvalue weighted by Crippen LogP contribution is 2.21. The number of aliphatic hydroxyl groups excluding tert-OH is 1. The molecule has 0 amide bonds. The first-order chi connectivity index (χ1) is 6.77. The van der Waals surface area contributed by atoms with Gasteiger partial charge in [0, 0.05) is 25.7 Å². The highest BCUT2D eigenvalue weighted by Gasteiger charge is 2.29. The van der Waals surface area contributed by atoms with Crippen LogP contribution in [-0.4, -0.2) is 48.5 Å². The van der Waals surface area contributed by atoms with Crippen molar-refractivity contribution in [1.29, 1.82) is 0 Å². The van der Waals surface area contributed by atoms with E-state index in [1.165, 1.54) is 12.8 Å². The molecular formula is C11H23NO2. The lowest BCUT2D eigenvalue weighted by Crippen LogP contribution is -2.33. The van der Waals surface area contributed by atoms with Crippen molar-refractivity contribution < 1.29 is 9.84 Å². The summed E-state index contributed by atoms with van der Waals surface area (Å²) in [6.07, 6.45) is 3.22. The van der Waals surface area contributed by atoms with Gasteiger partial charge in [0.05, 0.1) is 12.7 Å². The van der Waals surface area contributed by atoms with Gasteiger partial charge in [0.25, 0.3) is 0 Å². The van der Waals surface area contributed by atoms with Gasteiger partial charge in [-0.05, 0) is 19.8 Å². The Kier molecular flexibility index (Phi) is 5.45. The first kappa shape index (κ1) is 12.0. The van der Waals surface area contributed by atoms with Crippen LogP contribution >= 0.6 is 0 Å². The third-order valence-electron chi connectivity index (χ3n) is 2.85. The smallest absolute Gasteiger partial charge is 0.0682 e. The summed E-state index contributed by atoms with van der Waals surface area (Å²) < 4.78 is 5.33. The molecule has 1 heterocycles. The average Bonchev–Trinajstić information content (AvgIpc) is 2.48. The van der Waals surface area contributed by atoms with E-state index in [0.29, 0.717) is 6.04 Å². The zero-order chi connectivity index (χ0) is 10.4. The van der Waals surface area contributed by atoms with Crippen LogP contribution in [0.4, 0.5) is 0 Å². The van der Waals surface area contributed by atoms with Crippen LogP contribution in [0.25, 0.3) is 0 Å². The van der Waals surface area contributed by atoms with Crippen LogP contribution in [0.1, 0.15) is 33.1 Å². The van der Waals surface area contributed by atoms with Gasteiger partial charge in [0.1, 0.15) is 0 Å². The summed E-state index contributed by atoms with van der Waals surface area (Å²) in [7, 11) is 0. The van der Waals surface area contributed by atoms with E-state index in [4.69, 9.17) is 4.74 Å². The maximum Gasteiger partial charge on any atom is 0.0682 e. The van der Waals surface area contributed by atoms with Crippen molar-refractivity contribution >= 4 is 0 Å². The monoisotopic (exact) mass is 201 g/mol. The molecule has 1 aliphatic rings. The summed E-state index contributed by atoms with van der Waals surface area (Å²) in [5, 5.41) is 9.57. The first-order valence-corrected chi connectivity index (χ1v) is 5.77. The van der Waals surface area contributed by atoms with Gasteiger partial charge in [0.2, 0.25) is 0 Å². The lowest BCUT2D eigenvalue weighted by atomic mass is 10.1. The molecule has 1 N–H and O–H groups in total. The number of hydrogen-bond acceptors (Lipinski definition) is 3. The van der Waals surface area contributed by atoms with Crippen LogP contribution in [0.5, 0.6) is 0 Å². The molecule has 1 fully saturated rings. The maximum atomic E-state index is 9.57. The van der Waals surface area contributed by atoms with Crippen molar-refractivity contribution in [1.82, 2.24) is 4.90 Å². The second kappa shape index (κ2) is 6.38. The molecular weight excluding hydrogens is 178 g/mol. The standard InChI is InChI=1S/C11H23NO2/c1-3-5-10-8-11(13)9-12(10)6-7-14-4-2/h10-11,13H,3-9H2,1-2H3/t10-,11+/m1/s1. The van der Waals surface area contributed by atoms with Crippen molar-refractivity contribution in [2.24, 2.45) is 0 Å². The lowest BCUT2D eigenvalue weighted by Gasteiger charge is -2.23. The van der Waals surface area contributed by atoms with Gasteiger partial charge >= 0.3 is 0 Å². The van der Waals surface area contributed by atoms with Crippen molar-refractivity contribution in [3.8, 4) is 0 Å². The predicted molar refractivity (Wildman–Crippen MR) is 57.4 cm³/mol. The fraction of sp³-hybridized carbons (Fsp3) is 1.00. The number of likely N-dealkylation sites (tertiary alicyclic amines) is 1. The Balaban J connectivity index is 2.25. The van der Waals surface area contributed by atoms with Crippen LogP contribution in [0, 0.1) is 0 Å². The molecule has 0 aromatic rings. The van der Waals surface area contributed by atoms with Crippen LogP contribution < -0.4 is 0 Å². The minimum Gasteiger partial charge on any atom is -0.392 e. The number of hydrogen-bond donors (Lipinski definition) is 1. The van der Waals surface area contributed by atoms with Gasteiger partial charge in [0.15, 0.2) is 0 Å². The Morgan fingerprint density at radius 3 is 2.86 bits per heavy atom. The summed E-state index contributed by atoms with van der Waals surface area (Å²) in [5.74, 6) is 0. The highest BCUT2D eigenvalue weighted by molar-refractivity contribution is 4.84. The quantitative estimate of drug-likeness (QED) is 0.657. The fourth-order valence-electron chi connectivity index (χ4n) is 2.19. The highest BCUT2D eigenvalue weighted by atomic mass is 16.5. The zero-order valence-electron chi connectivity index (χ0n) is 9.41. The molecule has 0 aliphatic carbocycles. The van der Waals surface area contributed by atoms with Gasteiger partial charge in [-0.25, -0.2) is 0 Å². The van der Waals surface area contributed by atoms with E-state index in [0.717, 1.165) is 32.7 Å². The molecule has 0 spiro atoms. The summed E-state index contributed by atoms with van der Waals surface area (Å²) in [5.41, 5.74) is 0. The van der Waals surface area contributed by atoms with Crippen LogP contribution in [-0.2, 0) is 4.74 Å². The average molecular weight is 201 g/mol. The molecule has 84 valence electrons. The summed E-state index contributed by atoms with van der Waals surface area (Å²) >= 11 is 0. The summed E-state index contributed by atoms with van der Waals surface area (Å²) in [4.78, 5) is 2.36. The predicted octanol–water partition coefficient (Wildman–Crippen LogP) is 1.26. The van der Waals surface area contributed by atoms with E-state index < -0.39 is 0 Å². The number of nitrogens with zero attached hydrogens (tertiary/aromatic N) is 1. The Morgan fingerprint density at radius 2 is 2.21 bits per heavy atom. The van der Waals surface area contributed by atoms with Gasteiger partial charge in [-0.2, -0.15) is 0 Å². The van der Waals surface area contributed by atoms with Crippen LogP contribution in [0.2, 0.25) is 0 Å². The molecule has 1 rings (SSSR count). The van der Waals surface area contributed by atoms with E-state index in [1.54, 1.807) is 0 Å². The second-order valence-corrected chi connectivity index (χ2v) is 4.02. The molecule has 0 saturated carbocycles. The summed E-state index contributed by atoms with van der Waals surface area (Å²) in [6, 6.07) is 0.579. The zero-order valence-corrected chi connectivity index (χ0v) is 9.41. The van der Waals surface area contributed by atoms with Gasteiger partial charge in [-0.1, -0.05) is 13.3 Å². The van der Waals surface area contributed by atoms with Gasteiger partial charge in [-0.3, -0.25) is 4.90 Å². The molecule has 0 aromatic heterocycles. The summed E-state index contributed by atoms with van der Waals surface area (Å²) in [6.45, 7) is 7.60. The fourth-order valence-corrected chi connectivity index (χ4v) is 2.19. The third kappa shape index (κ3) is 3.56. The molecule has 0 bridgehead atoms. The van der Waals surface area contributed by atoms with Crippen LogP contribution in [0.3, 0.4) is 0 Å². The molecule has 0 radical (unpaired) electrons. The topological polar surface area (TPSA) is 32.7 Å². The van der Waals surface area contributed by atoms with Crippen molar-refractivity contribution in [2.45, 2.75) is 45.3 Å². The number of ether oxygens (including phenoxy) is 1. The van der Waals surface area contributed by atoms with Gasteiger partial charge < -0.3 is 9.84 Å². The molecule has 0 unspecified atom stereocenters. The molecule has 2 atom stereocenters. The number of aliphatic hydroxyl groups is 1. The van der Waals surface area contributed by atoms with E-state index >= 15 is 0 Å². The Bertz CT molecular complexity index is 152. The SMILES string of the molecule is CCC[C@@H]1C[C@H](O)CN1CCOCC. The molecule has 14 heavy (non-hydrogen) atoms. The molecule has 1 saturated heterocycles. The molecule has 3 heteroatoms. The third-order valence-corrected chi connectivity index (χ3v) is 2.85. The first-order valence-electron chi connectivity index (χ1n) is 5.77. The minimum atomic E-state index is -0.117. The maximum absolute atomic E-state index is 9.57. The van der Waals surface area contributed by atoms with E-state index in [1.807, 2.05) is 6.92 Å². The Morgan fingerprint density at radius 1 is 1.43 bits per heavy atom. The van der Waals surface area contributed by atoms with E-state index in [9.17, 15) is 5.11 Å².